The first kappa shape index (κ1) is 14.5. The Morgan fingerprint density at radius 2 is 1.91 bits per heavy atom. The van der Waals surface area contributed by atoms with Crippen molar-refractivity contribution in [1.29, 1.82) is 0 Å². The molecule has 0 saturated heterocycles. The highest BCUT2D eigenvalue weighted by Crippen LogP contribution is 2.09. The summed E-state index contributed by atoms with van der Waals surface area (Å²) in [4.78, 5) is 8.29. The molecule has 0 fully saturated rings. The third-order valence-electron chi connectivity index (χ3n) is 3.64. The van der Waals surface area contributed by atoms with Gasteiger partial charge >= 0.3 is 0 Å². The molecule has 3 rings (SSSR count). The smallest absolute Gasteiger partial charge is 0.0991 e. The van der Waals surface area contributed by atoms with Crippen LogP contribution in [0.1, 0.15) is 24.6 Å². The summed E-state index contributed by atoms with van der Waals surface area (Å²) in [5.74, 6) is 0. The topological polar surface area (TPSA) is 47.7 Å². The predicted octanol–water partition coefficient (Wildman–Crippen LogP) is 2.77. The van der Waals surface area contributed by atoms with Crippen LogP contribution in [0.4, 0.5) is 0 Å². The first-order chi connectivity index (χ1) is 10.9. The van der Waals surface area contributed by atoms with Gasteiger partial charge in [0.2, 0.25) is 0 Å². The summed E-state index contributed by atoms with van der Waals surface area (Å²) in [5, 5.41) is 3.48. The zero-order valence-corrected chi connectivity index (χ0v) is 12.8. The van der Waals surface area contributed by atoms with Crippen molar-refractivity contribution < 1.29 is 0 Å². The van der Waals surface area contributed by atoms with E-state index in [0.29, 0.717) is 0 Å². The van der Waals surface area contributed by atoms with Crippen LogP contribution in [0, 0.1) is 0 Å². The lowest BCUT2D eigenvalue weighted by molar-refractivity contribution is 0.601. The Bertz CT molecular complexity index is 682. The number of hydrogen-bond acceptors (Lipinski definition) is 3. The minimum absolute atomic E-state index is 0.837. The zero-order valence-electron chi connectivity index (χ0n) is 12.8. The van der Waals surface area contributed by atoms with Crippen molar-refractivity contribution in [3.63, 3.8) is 0 Å². The molecule has 0 aliphatic rings. The minimum atomic E-state index is 0.837. The molecule has 5 heteroatoms. The van der Waals surface area contributed by atoms with Crippen LogP contribution >= 0.6 is 0 Å². The highest BCUT2D eigenvalue weighted by atomic mass is 15.1. The van der Waals surface area contributed by atoms with E-state index in [1.807, 2.05) is 29.6 Å². The first-order valence-electron chi connectivity index (χ1n) is 7.64. The number of nitrogens with one attached hydrogen (secondary N) is 1. The molecular weight excluding hydrogens is 274 g/mol. The van der Waals surface area contributed by atoms with Gasteiger partial charge in [-0.15, -0.1) is 0 Å². The fourth-order valence-corrected chi connectivity index (χ4v) is 2.47. The maximum atomic E-state index is 4.22. The lowest BCUT2D eigenvalue weighted by atomic mass is 10.2. The molecule has 1 N–H and O–H groups in total. The number of imidazole rings is 2. The molecular formula is C17H21N5. The Hall–Kier alpha value is -2.40. The van der Waals surface area contributed by atoms with Crippen molar-refractivity contribution in [1.82, 2.24) is 24.4 Å². The molecule has 2 heterocycles. The van der Waals surface area contributed by atoms with Crippen molar-refractivity contribution in [3.8, 4) is 5.69 Å². The van der Waals surface area contributed by atoms with Crippen LogP contribution in [0.3, 0.4) is 0 Å². The van der Waals surface area contributed by atoms with E-state index in [9.17, 15) is 0 Å². The van der Waals surface area contributed by atoms with Crippen LogP contribution in [0.15, 0.2) is 55.5 Å². The minimum Gasteiger partial charge on any atom is -0.333 e. The third kappa shape index (κ3) is 3.43. The highest BCUT2D eigenvalue weighted by Gasteiger charge is 2.01. The zero-order chi connectivity index (χ0) is 15.2. The molecule has 3 aromatic rings. The van der Waals surface area contributed by atoms with Gasteiger partial charge in [-0.25, -0.2) is 9.97 Å². The first-order valence-corrected chi connectivity index (χ1v) is 7.64. The van der Waals surface area contributed by atoms with Gasteiger partial charge in [0.1, 0.15) is 0 Å². The van der Waals surface area contributed by atoms with E-state index in [0.717, 1.165) is 31.7 Å². The Morgan fingerprint density at radius 3 is 2.64 bits per heavy atom. The van der Waals surface area contributed by atoms with Crippen LogP contribution in [0.2, 0.25) is 0 Å². The Balaban J connectivity index is 1.54. The average Bonchev–Trinajstić information content (AvgIpc) is 3.21. The second kappa shape index (κ2) is 7.04. The summed E-state index contributed by atoms with van der Waals surface area (Å²) >= 11 is 0. The largest absolute Gasteiger partial charge is 0.333 e. The molecule has 0 aliphatic heterocycles. The Morgan fingerprint density at radius 1 is 1.05 bits per heavy atom. The third-order valence-corrected chi connectivity index (χ3v) is 3.64. The van der Waals surface area contributed by atoms with Gasteiger partial charge in [0.25, 0.3) is 0 Å². The second-order valence-electron chi connectivity index (χ2n) is 5.32. The van der Waals surface area contributed by atoms with E-state index in [4.69, 9.17) is 0 Å². The van der Waals surface area contributed by atoms with Crippen LogP contribution < -0.4 is 5.32 Å². The van der Waals surface area contributed by atoms with Crippen molar-refractivity contribution in [2.75, 3.05) is 0 Å². The lowest BCUT2D eigenvalue weighted by Crippen LogP contribution is -2.15. The molecule has 1 aromatic carbocycles. The van der Waals surface area contributed by atoms with Crippen LogP contribution in [0.25, 0.3) is 5.69 Å². The van der Waals surface area contributed by atoms with E-state index in [1.165, 1.54) is 11.3 Å². The van der Waals surface area contributed by atoms with Crippen LogP contribution in [0.5, 0.6) is 0 Å². The standard InChI is InChI=1S/C17H21N5/c1-2-8-21-14-20-12-17(21)11-19-10-15-3-5-16(6-4-15)22-9-7-18-13-22/h3-7,9,12-14,19H,2,8,10-11H2,1H3. The molecule has 0 saturated carbocycles. The van der Waals surface area contributed by atoms with E-state index in [1.54, 1.807) is 6.20 Å². The summed E-state index contributed by atoms with van der Waals surface area (Å²) in [7, 11) is 0. The maximum Gasteiger partial charge on any atom is 0.0991 e. The van der Waals surface area contributed by atoms with Crippen molar-refractivity contribution in [2.45, 2.75) is 33.0 Å². The van der Waals surface area contributed by atoms with Crippen LogP contribution in [-0.2, 0) is 19.6 Å². The average molecular weight is 295 g/mol. The molecule has 0 bridgehead atoms. The maximum absolute atomic E-state index is 4.22. The molecule has 0 amide bonds. The molecule has 22 heavy (non-hydrogen) atoms. The second-order valence-corrected chi connectivity index (χ2v) is 5.32. The van der Waals surface area contributed by atoms with Gasteiger partial charge in [-0.2, -0.15) is 0 Å². The molecule has 0 atom stereocenters. The summed E-state index contributed by atoms with van der Waals surface area (Å²) in [6.07, 6.45) is 10.5. The Kier molecular flexibility index (Phi) is 4.65. The summed E-state index contributed by atoms with van der Waals surface area (Å²) in [6.45, 7) is 4.89. The Labute approximate surface area is 130 Å². The van der Waals surface area contributed by atoms with E-state index in [2.05, 4.69) is 51.0 Å². The quantitative estimate of drug-likeness (QED) is 0.729. The number of hydrogen-bond donors (Lipinski definition) is 1. The van der Waals surface area contributed by atoms with E-state index >= 15 is 0 Å². The highest BCUT2D eigenvalue weighted by molar-refractivity contribution is 5.34. The number of benzene rings is 1. The normalized spacial score (nSPS) is 11.0. The lowest BCUT2D eigenvalue weighted by Gasteiger charge is -2.09. The molecule has 0 aliphatic carbocycles. The van der Waals surface area contributed by atoms with Gasteiger partial charge in [-0.1, -0.05) is 19.1 Å². The summed E-state index contributed by atoms with van der Waals surface area (Å²) < 4.78 is 4.20. The van der Waals surface area contributed by atoms with Gasteiger partial charge < -0.3 is 14.5 Å². The fraction of sp³-hybridized carbons (Fsp3) is 0.294. The summed E-state index contributed by atoms with van der Waals surface area (Å²) in [5.41, 5.74) is 3.63. The molecule has 0 radical (unpaired) electrons. The van der Waals surface area contributed by atoms with Crippen molar-refractivity contribution >= 4 is 0 Å². The van der Waals surface area contributed by atoms with Crippen molar-refractivity contribution in [3.05, 3.63) is 66.8 Å². The van der Waals surface area contributed by atoms with Gasteiger partial charge in [-0.3, -0.25) is 0 Å². The van der Waals surface area contributed by atoms with E-state index in [-0.39, 0.29) is 0 Å². The van der Waals surface area contributed by atoms with Gasteiger partial charge in [0.05, 0.1) is 18.3 Å². The van der Waals surface area contributed by atoms with Gasteiger partial charge in [0.15, 0.2) is 0 Å². The molecule has 2 aromatic heterocycles. The number of nitrogens with zero attached hydrogens (tertiary/aromatic N) is 4. The number of aromatic nitrogens is 4. The monoisotopic (exact) mass is 295 g/mol. The molecule has 114 valence electrons. The number of aryl methyl sites for hydroxylation is 1. The molecule has 5 nitrogen and oxygen atoms in total. The SMILES string of the molecule is CCCn1cncc1CNCc1ccc(-n2ccnc2)cc1. The predicted molar refractivity (Wildman–Crippen MR) is 86.6 cm³/mol. The summed E-state index contributed by atoms with van der Waals surface area (Å²) in [6, 6.07) is 8.51. The van der Waals surface area contributed by atoms with Gasteiger partial charge in [0, 0.05) is 43.9 Å². The van der Waals surface area contributed by atoms with E-state index < -0.39 is 0 Å². The fourth-order valence-electron chi connectivity index (χ4n) is 2.47. The molecule has 0 spiro atoms. The van der Waals surface area contributed by atoms with Crippen LogP contribution in [-0.4, -0.2) is 19.1 Å². The van der Waals surface area contributed by atoms with Gasteiger partial charge in [-0.05, 0) is 24.1 Å². The number of rotatable bonds is 7. The molecule has 0 unspecified atom stereocenters. The van der Waals surface area contributed by atoms with Crippen molar-refractivity contribution in [2.24, 2.45) is 0 Å².